The van der Waals surface area contributed by atoms with Gasteiger partial charge in [0.2, 0.25) is 0 Å². The minimum absolute atomic E-state index is 0.437. The van der Waals surface area contributed by atoms with Gasteiger partial charge in [-0.2, -0.15) is 0 Å². The summed E-state index contributed by atoms with van der Waals surface area (Å²) >= 11 is 0. The van der Waals surface area contributed by atoms with Gasteiger partial charge in [-0.15, -0.1) is 0 Å². The second kappa shape index (κ2) is 5.83. The van der Waals surface area contributed by atoms with Crippen LogP contribution in [0.3, 0.4) is 0 Å². The van der Waals surface area contributed by atoms with Gasteiger partial charge in [0, 0.05) is 12.3 Å². The predicted octanol–water partition coefficient (Wildman–Crippen LogP) is 3.26. The van der Waals surface area contributed by atoms with E-state index in [2.05, 4.69) is 26.0 Å². The molecule has 0 radical (unpaired) electrons. The first kappa shape index (κ1) is 13.5. The van der Waals surface area contributed by atoms with Gasteiger partial charge < -0.3 is 14.2 Å². The Kier molecular flexibility index (Phi) is 4.38. The van der Waals surface area contributed by atoms with Crippen LogP contribution in [0.1, 0.15) is 31.4 Å². The molecule has 1 aromatic carbocycles. The molecule has 3 heteroatoms. The van der Waals surface area contributed by atoms with Crippen LogP contribution in [0.2, 0.25) is 0 Å². The summed E-state index contributed by atoms with van der Waals surface area (Å²) in [6.45, 7) is 8.13. The second-order valence-electron chi connectivity index (χ2n) is 4.98. The van der Waals surface area contributed by atoms with Gasteiger partial charge in [-0.3, -0.25) is 0 Å². The minimum Gasteiger partial charge on any atom is -0.327 e. The van der Waals surface area contributed by atoms with Crippen LogP contribution in [-0.4, -0.2) is 19.2 Å². The van der Waals surface area contributed by atoms with Crippen LogP contribution in [0.5, 0.6) is 0 Å². The average Bonchev–Trinajstić information content (AvgIpc) is 2.40. The molecule has 0 unspecified atom stereocenters. The van der Waals surface area contributed by atoms with E-state index in [0.29, 0.717) is 32.2 Å². The summed E-state index contributed by atoms with van der Waals surface area (Å²) in [5.41, 5.74) is 2.41. The maximum absolute atomic E-state index is 5.89. The number of hydrogen-bond donors (Lipinski definition) is 0. The van der Waals surface area contributed by atoms with E-state index < -0.39 is 5.97 Å². The predicted molar refractivity (Wildman–Crippen MR) is 70.1 cm³/mol. The number of hydrogen-bond acceptors (Lipinski definition) is 3. The van der Waals surface area contributed by atoms with Crippen molar-refractivity contribution < 1.29 is 14.2 Å². The Morgan fingerprint density at radius 2 is 1.94 bits per heavy atom. The lowest BCUT2D eigenvalue weighted by Gasteiger charge is -2.38. The molecule has 2 rings (SSSR count). The highest BCUT2D eigenvalue weighted by Gasteiger charge is 2.36. The smallest absolute Gasteiger partial charge is 0.282 e. The van der Waals surface area contributed by atoms with Crippen LogP contribution in [-0.2, 0) is 20.8 Å². The molecule has 0 spiro atoms. The molecule has 3 nitrogen and oxygen atoms in total. The molecule has 1 aliphatic rings. The quantitative estimate of drug-likeness (QED) is 0.821. The van der Waals surface area contributed by atoms with E-state index >= 15 is 0 Å². The summed E-state index contributed by atoms with van der Waals surface area (Å²) in [6, 6.07) is 8.21. The summed E-state index contributed by atoms with van der Waals surface area (Å²) in [5.74, 6) is -0.416. The van der Waals surface area contributed by atoms with Gasteiger partial charge in [-0.1, -0.05) is 38.1 Å². The fourth-order valence-electron chi connectivity index (χ4n) is 1.98. The van der Waals surface area contributed by atoms with Crippen LogP contribution < -0.4 is 0 Å². The molecule has 1 fully saturated rings. The van der Waals surface area contributed by atoms with Gasteiger partial charge in [-0.05, 0) is 18.1 Å². The van der Waals surface area contributed by atoms with E-state index in [1.807, 2.05) is 19.1 Å². The molecule has 0 amide bonds. The molecule has 0 atom stereocenters. The Hall–Kier alpha value is -0.900. The van der Waals surface area contributed by atoms with E-state index in [-0.39, 0.29) is 0 Å². The lowest BCUT2D eigenvalue weighted by atomic mass is 10.1. The largest absolute Gasteiger partial charge is 0.327 e. The van der Waals surface area contributed by atoms with E-state index in [4.69, 9.17) is 14.2 Å². The SMILES string of the molecule is CCC1(OCc2ccccc2C)OCC(C)CO1. The molecule has 0 saturated carbocycles. The lowest BCUT2D eigenvalue weighted by molar-refractivity contribution is -0.412. The van der Waals surface area contributed by atoms with Gasteiger partial charge in [0.15, 0.2) is 0 Å². The van der Waals surface area contributed by atoms with Crippen molar-refractivity contribution in [3.63, 3.8) is 0 Å². The van der Waals surface area contributed by atoms with Gasteiger partial charge in [0.05, 0.1) is 19.8 Å². The number of benzene rings is 1. The summed E-state index contributed by atoms with van der Waals surface area (Å²) in [4.78, 5) is 0. The summed E-state index contributed by atoms with van der Waals surface area (Å²) < 4.78 is 17.4. The van der Waals surface area contributed by atoms with Crippen molar-refractivity contribution in [2.24, 2.45) is 5.92 Å². The van der Waals surface area contributed by atoms with Crippen molar-refractivity contribution in [1.29, 1.82) is 0 Å². The molecule has 18 heavy (non-hydrogen) atoms. The normalized spacial score (nSPS) is 28.3. The van der Waals surface area contributed by atoms with Gasteiger partial charge in [-0.25, -0.2) is 0 Å². The number of rotatable bonds is 4. The molecule has 1 aliphatic heterocycles. The Morgan fingerprint density at radius 1 is 1.28 bits per heavy atom. The van der Waals surface area contributed by atoms with Crippen molar-refractivity contribution in [3.05, 3.63) is 35.4 Å². The van der Waals surface area contributed by atoms with Crippen molar-refractivity contribution in [3.8, 4) is 0 Å². The highest BCUT2D eigenvalue weighted by Crippen LogP contribution is 2.27. The topological polar surface area (TPSA) is 27.7 Å². The van der Waals surface area contributed by atoms with Gasteiger partial charge >= 0.3 is 0 Å². The molecule has 0 aliphatic carbocycles. The third kappa shape index (κ3) is 3.10. The van der Waals surface area contributed by atoms with Crippen LogP contribution in [0.15, 0.2) is 24.3 Å². The molecule has 1 aromatic rings. The van der Waals surface area contributed by atoms with E-state index in [9.17, 15) is 0 Å². The first-order valence-electron chi connectivity index (χ1n) is 6.61. The van der Waals surface area contributed by atoms with Gasteiger partial charge in [0.1, 0.15) is 0 Å². The highest BCUT2D eigenvalue weighted by atomic mass is 16.9. The summed E-state index contributed by atoms with van der Waals surface area (Å²) in [6.07, 6.45) is 0.700. The fraction of sp³-hybridized carbons (Fsp3) is 0.600. The van der Waals surface area contributed by atoms with E-state index in [1.165, 1.54) is 11.1 Å². The third-order valence-corrected chi connectivity index (χ3v) is 3.32. The maximum Gasteiger partial charge on any atom is 0.282 e. The average molecular weight is 250 g/mol. The van der Waals surface area contributed by atoms with E-state index in [0.717, 1.165) is 0 Å². The molecule has 0 bridgehead atoms. The van der Waals surface area contributed by atoms with Gasteiger partial charge in [0.25, 0.3) is 5.97 Å². The Bertz CT molecular complexity index is 381. The van der Waals surface area contributed by atoms with Crippen molar-refractivity contribution >= 4 is 0 Å². The monoisotopic (exact) mass is 250 g/mol. The molecule has 0 N–H and O–H groups in total. The second-order valence-corrected chi connectivity index (χ2v) is 4.98. The molecule has 0 aromatic heterocycles. The third-order valence-electron chi connectivity index (χ3n) is 3.32. The molecular formula is C15H22O3. The Morgan fingerprint density at radius 3 is 2.56 bits per heavy atom. The fourth-order valence-corrected chi connectivity index (χ4v) is 1.98. The Labute approximate surface area is 109 Å². The van der Waals surface area contributed by atoms with Crippen molar-refractivity contribution in [1.82, 2.24) is 0 Å². The zero-order chi connectivity index (χ0) is 13.0. The van der Waals surface area contributed by atoms with Crippen LogP contribution >= 0.6 is 0 Å². The number of ether oxygens (including phenoxy) is 3. The lowest BCUT2D eigenvalue weighted by Crippen LogP contribution is -2.45. The maximum atomic E-state index is 5.89. The first-order valence-corrected chi connectivity index (χ1v) is 6.61. The summed E-state index contributed by atoms with van der Waals surface area (Å²) in [7, 11) is 0. The van der Waals surface area contributed by atoms with Crippen molar-refractivity contribution in [2.75, 3.05) is 13.2 Å². The zero-order valence-corrected chi connectivity index (χ0v) is 11.4. The van der Waals surface area contributed by atoms with Crippen molar-refractivity contribution in [2.45, 2.75) is 39.8 Å². The standard InChI is InChI=1S/C15H22O3/c1-4-15(16-9-12(2)10-17-15)18-11-14-8-6-5-7-13(14)3/h5-8,12H,4,9-11H2,1-3H3. The van der Waals surface area contributed by atoms with Crippen LogP contribution in [0, 0.1) is 12.8 Å². The van der Waals surface area contributed by atoms with E-state index in [1.54, 1.807) is 0 Å². The highest BCUT2D eigenvalue weighted by molar-refractivity contribution is 5.24. The Balaban J connectivity index is 1.97. The summed E-state index contributed by atoms with van der Waals surface area (Å²) in [5, 5.41) is 0. The van der Waals surface area contributed by atoms with Crippen LogP contribution in [0.25, 0.3) is 0 Å². The molecule has 1 saturated heterocycles. The minimum atomic E-state index is -0.852. The number of aryl methyl sites for hydroxylation is 1. The first-order chi connectivity index (χ1) is 8.65. The molecule has 1 heterocycles. The molecule has 100 valence electrons. The zero-order valence-electron chi connectivity index (χ0n) is 11.4. The molecular weight excluding hydrogens is 228 g/mol. The van der Waals surface area contributed by atoms with Crippen LogP contribution in [0.4, 0.5) is 0 Å².